The molecule has 0 spiro atoms. The highest BCUT2D eigenvalue weighted by Gasteiger charge is 2.03. The average molecular weight is 273 g/mol. The zero-order chi connectivity index (χ0) is 13.7. The van der Waals surface area contributed by atoms with Crippen molar-refractivity contribution in [2.75, 3.05) is 0 Å². The van der Waals surface area contributed by atoms with E-state index in [9.17, 15) is 4.79 Å². The maximum Gasteiger partial charge on any atom is 0.271 e. The second-order valence-corrected chi connectivity index (χ2v) is 4.56. The Morgan fingerprint density at radius 1 is 1.21 bits per heavy atom. The van der Waals surface area contributed by atoms with E-state index < -0.39 is 0 Å². The van der Waals surface area contributed by atoms with Crippen LogP contribution >= 0.6 is 11.6 Å². The number of rotatable bonds is 3. The monoisotopic (exact) mass is 272 g/mol. The Labute approximate surface area is 116 Å². The molecule has 0 heterocycles. The van der Waals surface area contributed by atoms with Crippen molar-refractivity contribution in [3.63, 3.8) is 0 Å². The number of benzene rings is 2. The van der Waals surface area contributed by atoms with Gasteiger partial charge in [0.25, 0.3) is 5.91 Å². The van der Waals surface area contributed by atoms with Gasteiger partial charge in [-0.15, -0.1) is 0 Å². The van der Waals surface area contributed by atoms with Crippen LogP contribution in [0, 0.1) is 6.92 Å². The molecule has 19 heavy (non-hydrogen) atoms. The van der Waals surface area contributed by atoms with Gasteiger partial charge in [0.1, 0.15) is 0 Å². The Kier molecular flexibility index (Phi) is 4.31. The molecule has 2 rings (SSSR count). The quantitative estimate of drug-likeness (QED) is 0.675. The van der Waals surface area contributed by atoms with Crippen LogP contribution in [0.2, 0.25) is 5.02 Å². The summed E-state index contributed by atoms with van der Waals surface area (Å²) in [5.41, 5.74) is 4.93. The van der Waals surface area contributed by atoms with Crippen LogP contribution in [-0.4, -0.2) is 12.1 Å². The zero-order valence-electron chi connectivity index (χ0n) is 10.4. The topological polar surface area (TPSA) is 41.5 Å². The first-order chi connectivity index (χ1) is 9.15. The lowest BCUT2D eigenvalue weighted by Gasteiger charge is -2.00. The van der Waals surface area contributed by atoms with Crippen LogP contribution in [0.3, 0.4) is 0 Å². The summed E-state index contributed by atoms with van der Waals surface area (Å²) < 4.78 is 0. The fraction of sp³-hybridized carbons (Fsp3) is 0.0667. The van der Waals surface area contributed by atoms with Crippen molar-refractivity contribution >= 4 is 23.7 Å². The van der Waals surface area contributed by atoms with Gasteiger partial charge in [0, 0.05) is 10.6 Å². The SMILES string of the molecule is Cc1cccc(C(=O)N/N=C\c2cccc(Cl)c2)c1. The number of nitrogens with one attached hydrogen (secondary N) is 1. The Bertz CT molecular complexity index is 623. The molecule has 0 aliphatic heterocycles. The van der Waals surface area contributed by atoms with E-state index in [2.05, 4.69) is 10.5 Å². The van der Waals surface area contributed by atoms with E-state index >= 15 is 0 Å². The number of hydrogen-bond donors (Lipinski definition) is 1. The third-order valence-electron chi connectivity index (χ3n) is 2.51. The van der Waals surface area contributed by atoms with Gasteiger partial charge in [-0.25, -0.2) is 5.43 Å². The number of carbonyl (C=O) groups excluding carboxylic acids is 1. The molecule has 4 heteroatoms. The standard InChI is InChI=1S/C15H13ClN2O/c1-11-4-2-6-13(8-11)15(19)18-17-10-12-5-3-7-14(16)9-12/h2-10H,1H3,(H,18,19)/b17-10-. The highest BCUT2D eigenvalue weighted by molar-refractivity contribution is 6.30. The summed E-state index contributed by atoms with van der Waals surface area (Å²) in [5.74, 6) is -0.234. The number of hydrazone groups is 1. The number of halogens is 1. The molecule has 2 aromatic carbocycles. The first-order valence-corrected chi connectivity index (χ1v) is 6.18. The summed E-state index contributed by atoms with van der Waals surface area (Å²) in [6, 6.07) is 14.6. The minimum absolute atomic E-state index is 0.234. The Balaban J connectivity index is 2.01. The molecule has 0 fully saturated rings. The van der Waals surface area contributed by atoms with Gasteiger partial charge in [-0.05, 0) is 36.8 Å². The second-order valence-electron chi connectivity index (χ2n) is 4.12. The molecule has 1 N–H and O–H groups in total. The van der Waals surface area contributed by atoms with Crippen LogP contribution in [0.4, 0.5) is 0 Å². The van der Waals surface area contributed by atoms with Crippen LogP contribution in [0.5, 0.6) is 0 Å². The van der Waals surface area contributed by atoms with Crippen LogP contribution in [0.1, 0.15) is 21.5 Å². The molecular weight excluding hydrogens is 260 g/mol. The van der Waals surface area contributed by atoms with E-state index in [-0.39, 0.29) is 5.91 Å². The van der Waals surface area contributed by atoms with Gasteiger partial charge in [-0.2, -0.15) is 5.10 Å². The molecule has 0 radical (unpaired) electrons. The molecule has 0 saturated heterocycles. The largest absolute Gasteiger partial charge is 0.271 e. The number of nitrogens with zero attached hydrogens (tertiary/aromatic N) is 1. The molecule has 0 saturated carbocycles. The van der Waals surface area contributed by atoms with Crippen molar-refractivity contribution in [1.29, 1.82) is 0 Å². The van der Waals surface area contributed by atoms with Crippen molar-refractivity contribution in [2.24, 2.45) is 5.10 Å². The molecule has 0 aliphatic carbocycles. The summed E-state index contributed by atoms with van der Waals surface area (Å²) >= 11 is 5.85. The molecule has 96 valence electrons. The normalized spacial score (nSPS) is 10.6. The van der Waals surface area contributed by atoms with E-state index in [1.807, 2.05) is 37.3 Å². The zero-order valence-corrected chi connectivity index (χ0v) is 11.2. The predicted octanol–water partition coefficient (Wildman–Crippen LogP) is 3.41. The summed E-state index contributed by atoms with van der Waals surface area (Å²) in [6.45, 7) is 1.94. The molecule has 2 aromatic rings. The highest BCUT2D eigenvalue weighted by Crippen LogP contribution is 2.08. The minimum atomic E-state index is -0.234. The second kappa shape index (κ2) is 6.16. The molecule has 0 unspecified atom stereocenters. The number of aryl methyl sites for hydroxylation is 1. The number of hydrogen-bond acceptors (Lipinski definition) is 2. The van der Waals surface area contributed by atoms with E-state index in [1.54, 1.807) is 24.4 Å². The lowest BCUT2D eigenvalue weighted by Crippen LogP contribution is -2.17. The Morgan fingerprint density at radius 2 is 2.00 bits per heavy atom. The van der Waals surface area contributed by atoms with E-state index in [0.717, 1.165) is 11.1 Å². The maximum atomic E-state index is 11.8. The van der Waals surface area contributed by atoms with Crippen LogP contribution in [-0.2, 0) is 0 Å². The fourth-order valence-electron chi connectivity index (χ4n) is 1.60. The van der Waals surface area contributed by atoms with Crippen LogP contribution in [0.15, 0.2) is 53.6 Å². The molecule has 1 amide bonds. The third kappa shape index (κ3) is 3.93. The van der Waals surface area contributed by atoms with Crippen LogP contribution in [0.25, 0.3) is 0 Å². The van der Waals surface area contributed by atoms with Crippen molar-refractivity contribution in [3.8, 4) is 0 Å². The minimum Gasteiger partial charge on any atom is -0.267 e. The Morgan fingerprint density at radius 3 is 2.74 bits per heavy atom. The van der Waals surface area contributed by atoms with Crippen molar-refractivity contribution in [3.05, 3.63) is 70.2 Å². The summed E-state index contributed by atoms with van der Waals surface area (Å²) in [7, 11) is 0. The number of carbonyl (C=O) groups is 1. The van der Waals surface area contributed by atoms with E-state index in [1.165, 1.54) is 0 Å². The predicted molar refractivity (Wildman–Crippen MR) is 77.7 cm³/mol. The molecule has 3 nitrogen and oxygen atoms in total. The summed E-state index contributed by atoms with van der Waals surface area (Å²) in [5, 5.41) is 4.54. The molecule has 0 aromatic heterocycles. The summed E-state index contributed by atoms with van der Waals surface area (Å²) in [6.07, 6.45) is 1.56. The van der Waals surface area contributed by atoms with Gasteiger partial charge >= 0.3 is 0 Å². The fourth-order valence-corrected chi connectivity index (χ4v) is 1.80. The third-order valence-corrected chi connectivity index (χ3v) is 2.74. The summed E-state index contributed by atoms with van der Waals surface area (Å²) in [4.78, 5) is 11.8. The van der Waals surface area contributed by atoms with Gasteiger partial charge in [-0.3, -0.25) is 4.79 Å². The lowest BCUT2D eigenvalue weighted by molar-refractivity contribution is 0.0955. The average Bonchev–Trinajstić information content (AvgIpc) is 2.38. The van der Waals surface area contributed by atoms with Crippen molar-refractivity contribution in [1.82, 2.24) is 5.43 Å². The molecule has 0 aliphatic rings. The van der Waals surface area contributed by atoms with Gasteiger partial charge in [0.05, 0.1) is 6.21 Å². The highest BCUT2D eigenvalue weighted by atomic mass is 35.5. The van der Waals surface area contributed by atoms with Gasteiger partial charge in [0.2, 0.25) is 0 Å². The first kappa shape index (κ1) is 13.3. The van der Waals surface area contributed by atoms with Crippen molar-refractivity contribution in [2.45, 2.75) is 6.92 Å². The van der Waals surface area contributed by atoms with Crippen molar-refractivity contribution < 1.29 is 4.79 Å². The smallest absolute Gasteiger partial charge is 0.267 e. The Hall–Kier alpha value is -2.13. The molecule has 0 atom stereocenters. The number of amides is 1. The van der Waals surface area contributed by atoms with Crippen LogP contribution < -0.4 is 5.43 Å². The first-order valence-electron chi connectivity index (χ1n) is 5.81. The van der Waals surface area contributed by atoms with E-state index in [0.29, 0.717) is 10.6 Å². The molecule has 0 bridgehead atoms. The molecular formula is C15H13ClN2O. The van der Waals surface area contributed by atoms with Gasteiger partial charge in [0.15, 0.2) is 0 Å². The lowest BCUT2D eigenvalue weighted by atomic mass is 10.1. The van der Waals surface area contributed by atoms with E-state index in [4.69, 9.17) is 11.6 Å². The van der Waals surface area contributed by atoms with Gasteiger partial charge in [-0.1, -0.05) is 41.4 Å². The van der Waals surface area contributed by atoms with Gasteiger partial charge < -0.3 is 0 Å². The maximum absolute atomic E-state index is 11.8.